The Bertz CT molecular complexity index is 877. The number of rotatable bonds is 5. The third kappa shape index (κ3) is 4.03. The molecule has 3 rings (SSSR count). The van der Waals surface area contributed by atoms with Crippen molar-refractivity contribution in [2.45, 2.75) is 44.1 Å². The Hall–Kier alpha value is -2.83. The summed E-state index contributed by atoms with van der Waals surface area (Å²) in [6.45, 7) is 1.36. The maximum atomic E-state index is 13.7. The van der Waals surface area contributed by atoms with Crippen LogP contribution in [0.4, 0.5) is 18.9 Å². The normalized spacial score (nSPS) is 16.4. The van der Waals surface area contributed by atoms with Gasteiger partial charge in [0, 0.05) is 6.07 Å². The fourth-order valence-corrected chi connectivity index (χ4v) is 3.51. The van der Waals surface area contributed by atoms with Crippen molar-refractivity contribution in [2.24, 2.45) is 0 Å². The Kier molecular flexibility index (Phi) is 5.72. The highest BCUT2D eigenvalue weighted by Gasteiger charge is 2.45. The Morgan fingerprint density at radius 3 is 2.25 bits per heavy atom. The standard InChI is InChI=1S/C21H20F3NO3/c1-13(19(26)25-18-12-16(23)8-9-17(18)24)28-20(27)21(10-2-3-11-21)14-4-6-15(22)7-5-14/h4-9,12-13H,2-3,10-11H2,1H3,(H,25,26)/t13-/m0/s1. The Morgan fingerprint density at radius 1 is 1.00 bits per heavy atom. The summed E-state index contributed by atoms with van der Waals surface area (Å²) < 4.78 is 45.6. The monoisotopic (exact) mass is 391 g/mol. The third-order valence-electron chi connectivity index (χ3n) is 5.08. The van der Waals surface area contributed by atoms with Crippen LogP contribution in [0.1, 0.15) is 38.2 Å². The van der Waals surface area contributed by atoms with Crippen LogP contribution in [0, 0.1) is 17.5 Å². The van der Waals surface area contributed by atoms with Gasteiger partial charge in [-0.05, 0) is 49.6 Å². The summed E-state index contributed by atoms with van der Waals surface area (Å²) in [6.07, 6.45) is 1.46. The molecule has 7 heteroatoms. The maximum Gasteiger partial charge on any atom is 0.317 e. The number of benzene rings is 2. The molecule has 4 nitrogen and oxygen atoms in total. The second-order valence-corrected chi connectivity index (χ2v) is 6.96. The van der Waals surface area contributed by atoms with Crippen LogP contribution in [0.3, 0.4) is 0 Å². The Morgan fingerprint density at radius 2 is 1.61 bits per heavy atom. The summed E-state index contributed by atoms with van der Waals surface area (Å²) in [6, 6.07) is 8.34. The first kappa shape index (κ1) is 19.9. The van der Waals surface area contributed by atoms with E-state index >= 15 is 0 Å². The Labute approximate surface area is 160 Å². The lowest BCUT2D eigenvalue weighted by atomic mass is 9.79. The first-order valence-electron chi connectivity index (χ1n) is 9.05. The molecule has 0 bridgehead atoms. The molecule has 2 aromatic carbocycles. The molecule has 1 fully saturated rings. The molecule has 0 radical (unpaired) electrons. The largest absolute Gasteiger partial charge is 0.452 e. The van der Waals surface area contributed by atoms with E-state index in [0.29, 0.717) is 18.4 Å². The summed E-state index contributed by atoms with van der Waals surface area (Å²) in [7, 11) is 0. The third-order valence-corrected chi connectivity index (χ3v) is 5.08. The van der Waals surface area contributed by atoms with Gasteiger partial charge in [0.25, 0.3) is 5.91 Å². The van der Waals surface area contributed by atoms with Crippen LogP contribution in [-0.2, 0) is 19.7 Å². The lowest BCUT2D eigenvalue weighted by Crippen LogP contribution is -2.40. The minimum Gasteiger partial charge on any atom is -0.452 e. The van der Waals surface area contributed by atoms with Crippen LogP contribution in [0.25, 0.3) is 0 Å². The van der Waals surface area contributed by atoms with Crippen molar-refractivity contribution < 1.29 is 27.5 Å². The Balaban J connectivity index is 1.73. The number of carbonyl (C=O) groups is 2. The van der Waals surface area contributed by atoms with E-state index in [1.165, 1.54) is 19.1 Å². The second-order valence-electron chi connectivity index (χ2n) is 6.96. The number of halogens is 3. The van der Waals surface area contributed by atoms with Gasteiger partial charge in [0.05, 0.1) is 11.1 Å². The van der Waals surface area contributed by atoms with E-state index in [0.717, 1.165) is 31.0 Å². The molecule has 148 valence electrons. The van der Waals surface area contributed by atoms with E-state index in [1.54, 1.807) is 12.1 Å². The van der Waals surface area contributed by atoms with E-state index < -0.39 is 40.8 Å². The van der Waals surface area contributed by atoms with Crippen molar-refractivity contribution in [3.8, 4) is 0 Å². The minimum absolute atomic E-state index is 0.331. The smallest absolute Gasteiger partial charge is 0.317 e. The molecule has 28 heavy (non-hydrogen) atoms. The van der Waals surface area contributed by atoms with Crippen LogP contribution < -0.4 is 5.32 Å². The lowest BCUT2D eigenvalue weighted by Gasteiger charge is -2.28. The number of ether oxygens (including phenoxy) is 1. The number of anilines is 1. The van der Waals surface area contributed by atoms with Gasteiger partial charge in [0.15, 0.2) is 6.10 Å². The second kappa shape index (κ2) is 8.04. The average Bonchev–Trinajstić information content (AvgIpc) is 3.16. The van der Waals surface area contributed by atoms with Crippen molar-refractivity contribution in [3.05, 3.63) is 65.5 Å². The molecule has 1 aliphatic rings. The van der Waals surface area contributed by atoms with E-state index in [2.05, 4.69) is 5.32 Å². The number of hydrogen-bond donors (Lipinski definition) is 1. The van der Waals surface area contributed by atoms with Gasteiger partial charge in [-0.3, -0.25) is 9.59 Å². The summed E-state index contributed by atoms with van der Waals surface area (Å²) in [4.78, 5) is 25.2. The van der Waals surface area contributed by atoms with E-state index in [4.69, 9.17) is 4.74 Å². The zero-order valence-electron chi connectivity index (χ0n) is 15.3. The maximum absolute atomic E-state index is 13.7. The highest BCUT2D eigenvalue weighted by atomic mass is 19.1. The zero-order valence-corrected chi connectivity index (χ0v) is 15.3. The predicted molar refractivity (Wildman–Crippen MR) is 97.1 cm³/mol. The van der Waals surface area contributed by atoms with Gasteiger partial charge in [-0.1, -0.05) is 25.0 Å². The van der Waals surface area contributed by atoms with Gasteiger partial charge in [-0.15, -0.1) is 0 Å². The molecule has 2 aromatic rings. The van der Waals surface area contributed by atoms with Gasteiger partial charge in [0.2, 0.25) is 0 Å². The topological polar surface area (TPSA) is 55.4 Å². The number of hydrogen-bond acceptors (Lipinski definition) is 3. The van der Waals surface area contributed by atoms with Crippen molar-refractivity contribution in [1.29, 1.82) is 0 Å². The van der Waals surface area contributed by atoms with Crippen LogP contribution in [0.5, 0.6) is 0 Å². The summed E-state index contributed by atoms with van der Waals surface area (Å²) in [5.41, 5.74) is -0.631. The first-order valence-corrected chi connectivity index (χ1v) is 9.05. The van der Waals surface area contributed by atoms with E-state index in [9.17, 15) is 22.8 Å². The van der Waals surface area contributed by atoms with Gasteiger partial charge in [0.1, 0.15) is 17.5 Å². The number of esters is 1. The van der Waals surface area contributed by atoms with Gasteiger partial charge < -0.3 is 10.1 Å². The van der Waals surface area contributed by atoms with Crippen molar-refractivity contribution in [3.63, 3.8) is 0 Å². The molecule has 0 unspecified atom stereocenters. The molecular formula is C21H20F3NO3. The molecule has 0 aliphatic heterocycles. The van der Waals surface area contributed by atoms with Crippen molar-refractivity contribution >= 4 is 17.6 Å². The molecule has 0 heterocycles. The molecular weight excluding hydrogens is 371 g/mol. The van der Waals surface area contributed by atoms with Crippen molar-refractivity contribution in [2.75, 3.05) is 5.32 Å². The number of carbonyl (C=O) groups excluding carboxylic acids is 2. The molecule has 1 atom stereocenters. The molecule has 0 aromatic heterocycles. The molecule has 1 amide bonds. The zero-order chi connectivity index (χ0) is 20.3. The number of amides is 1. The van der Waals surface area contributed by atoms with E-state index in [-0.39, 0.29) is 5.69 Å². The fourth-order valence-electron chi connectivity index (χ4n) is 3.51. The van der Waals surface area contributed by atoms with Crippen LogP contribution in [-0.4, -0.2) is 18.0 Å². The molecule has 1 N–H and O–H groups in total. The van der Waals surface area contributed by atoms with Gasteiger partial charge in [-0.2, -0.15) is 0 Å². The lowest BCUT2D eigenvalue weighted by molar-refractivity contribution is -0.159. The molecule has 0 saturated heterocycles. The summed E-state index contributed by atoms with van der Waals surface area (Å²) >= 11 is 0. The number of nitrogens with one attached hydrogen (secondary N) is 1. The molecule has 1 saturated carbocycles. The molecule has 1 aliphatic carbocycles. The molecule has 0 spiro atoms. The quantitative estimate of drug-likeness (QED) is 0.765. The average molecular weight is 391 g/mol. The van der Waals surface area contributed by atoms with Crippen LogP contribution in [0.15, 0.2) is 42.5 Å². The highest BCUT2D eigenvalue weighted by Crippen LogP contribution is 2.42. The first-order chi connectivity index (χ1) is 13.3. The van der Waals surface area contributed by atoms with Gasteiger partial charge >= 0.3 is 5.97 Å². The fraction of sp³-hybridized carbons (Fsp3) is 0.333. The minimum atomic E-state index is -1.21. The highest BCUT2D eigenvalue weighted by molar-refractivity contribution is 5.96. The summed E-state index contributed by atoms with van der Waals surface area (Å²) in [5, 5.41) is 2.23. The van der Waals surface area contributed by atoms with Crippen LogP contribution >= 0.6 is 0 Å². The van der Waals surface area contributed by atoms with Crippen molar-refractivity contribution in [1.82, 2.24) is 0 Å². The predicted octanol–water partition coefficient (Wildman–Crippen LogP) is 4.49. The van der Waals surface area contributed by atoms with E-state index in [1.807, 2.05) is 0 Å². The van der Waals surface area contributed by atoms with Gasteiger partial charge in [-0.25, -0.2) is 13.2 Å². The summed E-state index contributed by atoms with van der Waals surface area (Å²) in [5.74, 6) is -3.27. The van der Waals surface area contributed by atoms with Crippen LogP contribution in [0.2, 0.25) is 0 Å². The SMILES string of the molecule is C[C@H](OC(=O)C1(c2ccc(F)cc2)CCCC1)C(=O)Nc1cc(F)ccc1F.